The first kappa shape index (κ1) is 26.1. The molecule has 1 atom stereocenters. The fourth-order valence-corrected chi connectivity index (χ4v) is 2.50. The molecule has 0 radical (unpaired) electrons. The van der Waals surface area contributed by atoms with Crippen molar-refractivity contribution in [3.05, 3.63) is 29.1 Å². The lowest BCUT2D eigenvalue weighted by molar-refractivity contribution is -0.0510. The van der Waals surface area contributed by atoms with Crippen LogP contribution >= 0.6 is 0 Å². The minimum Gasteiger partial charge on any atom is -0.489 e. The van der Waals surface area contributed by atoms with Gasteiger partial charge >= 0.3 is 21.3 Å². The lowest BCUT2D eigenvalue weighted by Gasteiger charge is -2.34. The standard InChI is InChI=1S/C16H25N3O3.CHF3O3S/c1-11(2)21-15-10-14(19-5-7-20-8-6-19)16(22-12(3)4)9-13(15)18-17;2-1(3,4)8(5,6)7/h9-12,15H,5-8H2,1-4H3;(H,5,6,7). The van der Waals surface area contributed by atoms with Gasteiger partial charge in [-0.2, -0.15) is 26.4 Å². The number of hydrogen-bond donors (Lipinski definition) is 1. The molecule has 0 aromatic heterocycles. The summed E-state index contributed by atoms with van der Waals surface area (Å²) in [6.07, 6.45) is 3.43. The van der Waals surface area contributed by atoms with E-state index in [1.165, 1.54) is 0 Å². The van der Waals surface area contributed by atoms with E-state index in [1.54, 1.807) is 6.08 Å². The molecule has 1 aliphatic carbocycles. The molecular formula is C17H26F3N3O6S. The maximum absolute atomic E-state index is 10.7. The topological polar surface area (TPSA) is 122 Å². The van der Waals surface area contributed by atoms with Crippen LogP contribution in [0.3, 0.4) is 0 Å². The maximum atomic E-state index is 10.7. The number of nitrogens with zero attached hydrogens (tertiary/aromatic N) is 3. The molecular weight excluding hydrogens is 431 g/mol. The molecule has 2 rings (SSSR count). The summed E-state index contributed by atoms with van der Waals surface area (Å²) in [6, 6.07) is 0. The van der Waals surface area contributed by atoms with Crippen molar-refractivity contribution < 1.29 is 45.1 Å². The van der Waals surface area contributed by atoms with Crippen molar-refractivity contribution in [1.29, 1.82) is 0 Å². The molecule has 172 valence electrons. The second kappa shape index (κ2) is 10.9. The minimum atomic E-state index is -5.84. The summed E-state index contributed by atoms with van der Waals surface area (Å²) in [5, 5.41) is 0. The molecule has 0 aromatic rings. The first-order chi connectivity index (χ1) is 13.8. The molecule has 0 bridgehead atoms. The average Bonchev–Trinajstić information content (AvgIpc) is 2.61. The smallest absolute Gasteiger partial charge is 0.489 e. The number of ether oxygens (including phenoxy) is 3. The minimum absolute atomic E-state index is 0.0323. The molecule has 1 heterocycles. The van der Waals surface area contributed by atoms with Crippen LogP contribution in [0.2, 0.25) is 0 Å². The fourth-order valence-electron chi connectivity index (χ4n) is 2.50. The van der Waals surface area contributed by atoms with Crippen LogP contribution in [0.4, 0.5) is 13.2 Å². The number of morpholine rings is 1. The van der Waals surface area contributed by atoms with Crippen molar-refractivity contribution in [2.75, 3.05) is 26.3 Å². The van der Waals surface area contributed by atoms with Gasteiger partial charge < -0.3 is 24.6 Å². The molecule has 1 N–H and O–H groups in total. The molecule has 0 spiro atoms. The predicted molar refractivity (Wildman–Crippen MR) is 101 cm³/mol. The summed E-state index contributed by atoms with van der Waals surface area (Å²) < 4.78 is 74.7. The molecule has 1 aliphatic heterocycles. The van der Waals surface area contributed by atoms with E-state index in [2.05, 4.69) is 9.69 Å². The van der Waals surface area contributed by atoms with Crippen molar-refractivity contribution in [3.63, 3.8) is 0 Å². The highest BCUT2D eigenvalue weighted by molar-refractivity contribution is 7.86. The van der Waals surface area contributed by atoms with Crippen LogP contribution in [0.5, 0.6) is 0 Å². The Balaban J connectivity index is 0.000000479. The zero-order chi connectivity index (χ0) is 23.1. The zero-order valence-electron chi connectivity index (χ0n) is 17.1. The van der Waals surface area contributed by atoms with Gasteiger partial charge in [0.1, 0.15) is 5.76 Å². The maximum Gasteiger partial charge on any atom is 0.522 e. The third-order valence-corrected chi connectivity index (χ3v) is 4.26. The van der Waals surface area contributed by atoms with Gasteiger partial charge in [0.25, 0.3) is 0 Å². The summed E-state index contributed by atoms with van der Waals surface area (Å²) >= 11 is 0. The lowest BCUT2D eigenvalue weighted by Crippen LogP contribution is -2.40. The van der Waals surface area contributed by atoms with Crippen LogP contribution in [0.1, 0.15) is 27.7 Å². The SMILES string of the molecule is CC(C)OC1=CC(=[N+]=[N-])C(OC(C)C)C=C1N1CCOCC1.O=S(=O)(O)C(F)(F)F. The second-order valence-electron chi connectivity index (χ2n) is 6.88. The Morgan fingerprint density at radius 1 is 1.23 bits per heavy atom. The Kier molecular flexibility index (Phi) is 9.50. The summed E-state index contributed by atoms with van der Waals surface area (Å²) in [6.45, 7) is 10.9. The number of alkyl halides is 3. The molecule has 0 aromatic carbocycles. The van der Waals surface area contributed by atoms with E-state index in [4.69, 9.17) is 27.2 Å². The summed E-state index contributed by atoms with van der Waals surface area (Å²) in [7, 11) is -5.84. The highest BCUT2D eigenvalue weighted by Gasteiger charge is 2.44. The molecule has 9 nitrogen and oxygen atoms in total. The van der Waals surface area contributed by atoms with Gasteiger partial charge in [0.15, 0.2) is 6.10 Å². The van der Waals surface area contributed by atoms with Crippen LogP contribution in [0, 0.1) is 0 Å². The zero-order valence-corrected chi connectivity index (χ0v) is 17.9. The van der Waals surface area contributed by atoms with Crippen LogP contribution in [0.25, 0.3) is 5.53 Å². The monoisotopic (exact) mass is 457 g/mol. The van der Waals surface area contributed by atoms with E-state index in [0.717, 1.165) is 18.8 Å². The van der Waals surface area contributed by atoms with Crippen molar-refractivity contribution >= 4 is 15.8 Å². The van der Waals surface area contributed by atoms with Crippen molar-refractivity contribution in [2.24, 2.45) is 0 Å². The van der Waals surface area contributed by atoms with E-state index >= 15 is 0 Å². The highest BCUT2D eigenvalue weighted by atomic mass is 32.2. The molecule has 30 heavy (non-hydrogen) atoms. The second-order valence-corrected chi connectivity index (χ2v) is 8.29. The Bertz CT molecular complexity index is 796. The van der Waals surface area contributed by atoms with Crippen LogP contribution in [-0.2, 0) is 24.3 Å². The molecule has 1 saturated heterocycles. The van der Waals surface area contributed by atoms with E-state index in [9.17, 15) is 18.7 Å². The molecule has 0 amide bonds. The molecule has 2 aliphatic rings. The van der Waals surface area contributed by atoms with E-state index in [-0.39, 0.29) is 18.3 Å². The quantitative estimate of drug-likeness (QED) is 0.291. The lowest BCUT2D eigenvalue weighted by atomic mass is 10.0. The largest absolute Gasteiger partial charge is 0.522 e. The van der Waals surface area contributed by atoms with E-state index < -0.39 is 15.6 Å². The van der Waals surface area contributed by atoms with Gasteiger partial charge in [0, 0.05) is 13.1 Å². The third kappa shape index (κ3) is 8.07. The van der Waals surface area contributed by atoms with Gasteiger partial charge in [-0.05, 0) is 33.8 Å². The third-order valence-electron chi connectivity index (χ3n) is 3.67. The van der Waals surface area contributed by atoms with Gasteiger partial charge in [0.05, 0.1) is 37.2 Å². The number of rotatable bonds is 5. The van der Waals surface area contributed by atoms with Gasteiger partial charge in [0.2, 0.25) is 0 Å². The number of hydrogen-bond acceptors (Lipinski definition) is 6. The summed E-state index contributed by atoms with van der Waals surface area (Å²) in [5.74, 6) is 0.716. The predicted octanol–water partition coefficient (Wildman–Crippen LogP) is 2.38. The molecule has 1 fully saturated rings. The van der Waals surface area contributed by atoms with E-state index in [1.807, 2.05) is 33.8 Å². The normalized spacial score (nSPS) is 20.3. The average molecular weight is 457 g/mol. The van der Waals surface area contributed by atoms with Crippen molar-refractivity contribution in [1.82, 2.24) is 4.90 Å². The van der Waals surface area contributed by atoms with E-state index in [0.29, 0.717) is 24.7 Å². The van der Waals surface area contributed by atoms with Crippen LogP contribution in [-0.4, -0.2) is 78.5 Å². The Morgan fingerprint density at radius 3 is 2.17 bits per heavy atom. The highest BCUT2D eigenvalue weighted by Crippen LogP contribution is 2.26. The van der Waals surface area contributed by atoms with Crippen molar-refractivity contribution in [2.45, 2.75) is 51.5 Å². The molecule has 0 saturated carbocycles. The summed E-state index contributed by atoms with van der Waals surface area (Å²) in [5.41, 5.74) is 5.17. The first-order valence-corrected chi connectivity index (χ1v) is 10.5. The van der Waals surface area contributed by atoms with Gasteiger partial charge in [-0.3, -0.25) is 4.55 Å². The molecule has 13 heteroatoms. The first-order valence-electron chi connectivity index (χ1n) is 9.10. The van der Waals surface area contributed by atoms with Crippen LogP contribution in [0.15, 0.2) is 23.6 Å². The Morgan fingerprint density at radius 2 is 1.77 bits per heavy atom. The summed E-state index contributed by atoms with van der Waals surface area (Å²) in [4.78, 5) is 5.59. The Hall–Kier alpha value is -1.92. The fraction of sp³-hybridized carbons (Fsp3) is 0.706. The van der Waals surface area contributed by atoms with Gasteiger partial charge in [-0.1, -0.05) is 0 Å². The van der Waals surface area contributed by atoms with Gasteiger partial charge in [-0.15, -0.1) is 0 Å². The Labute approximate surface area is 173 Å². The van der Waals surface area contributed by atoms with Crippen LogP contribution < -0.4 is 0 Å². The molecule has 1 unspecified atom stereocenters. The number of halogens is 3. The van der Waals surface area contributed by atoms with Crippen molar-refractivity contribution in [3.8, 4) is 0 Å². The van der Waals surface area contributed by atoms with Gasteiger partial charge in [-0.25, -0.2) is 0 Å².